The van der Waals surface area contributed by atoms with E-state index in [0.717, 1.165) is 25.7 Å². The lowest BCUT2D eigenvalue weighted by Crippen LogP contribution is -2.44. The van der Waals surface area contributed by atoms with Crippen LogP contribution < -0.4 is 0 Å². The first-order chi connectivity index (χ1) is 9.35. The molecule has 0 radical (unpaired) electrons. The molecule has 1 aliphatic carbocycles. The number of aliphatic hydroxyl groups excluding tert-OH is 1. The lowest BCUT2D eigenvalue weighted by Gasteiger charge is -2.42. The molecule has 2 unspecified atom stereocenters. The molecule has 1 saturated heterocycles. The van der Waals surface area contributed by atoms with Crippen LogP contribution >= 0.6 is 0 Å². The highest BCUT2D eigenvalue weighted by molar-refractivity contribution is 7.88. The molecule has 0 bridgehead atoms. The molecule has 0 aromatic heterocycles. The normalized spacial score (nSPS) is 28.9. The predicted molar refractivity (Wildman–Crippen MR) is 78.0 cm³/mol. The number of aliphatic hydroxyl groups is 1. The van der Waals surface area contributed by atoms with Gasteiger partial charge in [-0.15, -0.1) is 0 Å². The maximum atomic E-state index is 11.6. The van der Waals surface area contributed by atoms with Crippen LogP contribution in [0.25, 0.3) is 0 Å². The third-order valence-electron chi connectivity index (χ3n) is 4.86. The summed E-state index contributed by atoms with van der Waals surface area (Å²) in [6, 6.07) is 0. The Morgan fingerprint density at radius 3 is 2.60 bits per heavy atom. The number of nitrogens with zero attached hydrogens (tertiary/aromatic N) is 1. The van der Waals surface area contributed by atoms with Crippen LogP contribution in [-0.4, -0.2) is 56.0 Å². The van der Waals surface area contributed by atoms with E-state index in [0.29, 0.717) is 25.9 Å². The maximum Gasteiger partial charge on any atom is 0.211 e. The number of hydrogen-bond acceptors (Lipinski definition) is 4. The summed E-state index contributed by atoms with van der Waals surface area (Å²) in [6.07, 6.45) is 7.35. The summed E-state index contributed by atoms with van der Waals surface area (Å²) in [5.41, 5.74) is -0.120. The van der Waals surface area contributed by atoms with E-state index in [-0.39, 0.29) is 17.6 Å². The van der Waals surface area contributed by atoms with Gasteiger partial charge in [-0.25, -0.2) is 12.7 Å². The Morgan fingerprint density at radius 1 is 1.40 bits per heavy atom. The van der Waals surface area contributed by atoms with E-state index in [1.165, 1.54) is 12.7 Å². The molecular formula is C14H27NO4S. The average molecular weight is 305 g/mol. The van der Waals surface area contributed by atoms with Crippen LogP contribution in [0.3, 0.4) is 0 Å². The smallest absolute Gasteiger partial charge is 0.211 e. The van der Waals surface area contributed by atoms with E-state index >= 15 is 0 Å². The van der Waals surface area contributed by atoms with Crippen molar-refractivity contribution in [2.45, 2.75) is 56.7 Å². The molecular weight excluding hydrogens is 278 g/mol. The molecule has 0 aromatic carbocycles. The minimum absolute atomic E-state index is 0.120. The maximum absolute atomic E-state index is 11.6. The second kappa shape index (κ2) is 6.30. The van der Waals surface area contributed by atoms with Gasteiger partial charge in [0.1, 0.15) is 0 Å². The van der Waals surface area contributed by atoms with Crippen LogP contribution in [-0.2, 0) is 14.8 Å². The molecule has 6 heteroatoms. The zero-order valence-corrected chi connectivity index (χ0v) is 13.4. The fourth-order valence-corrected chi connectivity index (χ4v) is 4.42. The first-order valence-corrected chi connectivity index (χ1v) is 9.38. The van der Waals surface area contributed by atoms with Gasteiger partial charge >= 0.3 is 0 Å². The van der Waals surface area contributed by atoms with Crippen molar-refractivity contribution in [3.63, 3.8) is 0 Å². The van der Waals surface area contributed by atoms with Crippen molar-refractivity contribution in [2.24, 2.45) is 5.92 Å². The molecule has 2 rings (SSSR count). The van der Waals surface area contributed by atoms with Gasteiger partial charge in [-0.3, -0.25) is 0 Å². The lowest BCUT2D eigenvalue weighted by molar-refractivity contribution is -0.102. The Hall–Kier alpha value is -0.170. The molecule has 1 heterocycles. The average Bonchev–Trinajstić information content (AvgIpc) is 2.33. The van der Waals surface area contributed by atoms with Crippen LogP contribution in [0.4, 0.5) is 0 Å². The van der Waals surface area contributed by atoms with E-state index in [1.54, 1.807) is 11.4 Å². The first kappa shape index (κ1) is 16.2. The van der Waals surface area contributed by atoms with Crippen molar-refractivity contribution in [1.29, 1.82) is 0 Å². The minimum Gasteiger partial charge on any atom is -0.393 e. The second-order valence-corrected chi connectivity index (χ2v) is 8.45. The largest absolute Gasteiger partial charge is 0.393 e. The molecule has 1 saturated carbocycles. The van der Waals surface area contributed by atoms with E-state index in [9.17, 15) is 13.5 Å². The van der Waals surface area contributed by atoms with Gasteiger partial charge in [0.15, 0.2) is 0 Å². The summed E-state index contributed by atoms with van der Waals surface area (Å²) in [6.45, 7) is 1.17. The number of rotatable bonds is 6. The van der Waals surface area contributed by atoms with Crippen molar-refractivity contribution in [2.75, 3.05) is 26.5 Å². The molecule has 2 aliphatic rings. The monoisotopic (exact) mass is 305 g/mol. The van der Waals surface area contributed by atoms with Crippen LogP contribution in [0.1, 0.15) is 44.9 Å². The SMILES string of the molecule is COC1(CC(O)CC2CCCN(S(C)(=O)=O)C2)CCC1. The molecule has 1 aliphatic heterocycles. The number of sulfonamides is 1. The number of ether oxygens (including phenoxy) is 1. The lowest BCUT2D eigenvalue weighted by atomic mass is 9.75. The quantitative estimate of drug-likeness (QED) is 0.805. The van der Waals surface area contributed by atoms with Crippen molar-refractivity contribution >= 4 is 10.0 Å². The number of hydrogen-bond donors (Lipinski definition) is 1. The molecule has 1 N–H and O–H groups in total. The van der Waals surface area contributed by atoms with Crippen molar-refractivity contribution in [3.8, 4) is 0 Å². The molecule has 0 aromatic rings. The van der Waals surface area contributed by atoms with E-state index in [2.05, 4.69) is 0 Å². The Morgan fingerprint density at radius 2 is 2.10 bits per heavy atom. The van der Waals surface area contributed by atoms with Crippen LogP contribution in [0, 0.1) is 5.92 Å². The van der Waals surface area contributed by atoms with Gasteiger partial charge < -0.3 is 9.84 Å². The first-order valence-electron chi connectivity index (χ1n) is 7.53. The van der Waals surface area contributed by atoms with E-state index in [4.69, 9.17) is 4.74 Å². The third-order valence-corrected chi connectivity index (χ3v) is 6.13. The van der Waals surface area contributed by atoms with E-state index in [1.807, 2.05) is 0 Å². The molecule has 118 valence electrons. The second-order valence-electron chi connectivity index (χ2n) is 6.46. The molecule has 0 spiro atoms. The summed E-state index contributed by atoms with van der Waals surface area (Å²) in [4.78, 5) is 0. The molecule has 0 amide bonds. The summed E-state index contributed by atoms with van der Waals surface area (Å²) in [5, 5.41) is 10.3. The highest BCUT2D eigenvalue weighted by Gasteiger charge is 2.39. The Kier molecular flexibility index (Phi) is 5.10. The zero-order valence-electron chi connectivity index (χ0n) is 12.5. The minimum atomic E-state index is -3.10. The Balaban J connectivity index is 1.83. The summed E-state index contributed by atoms with van der Waals surface area (Å²) >= 11 is 0. The number of piperidine rings is 1. The van der Waals surface area contributed by atoms with Crippen LogP contribution in [0.2, 0.25) is 0 Å². The Bertz CT molecular complexity index is 413. The highest BCUT2D eigenvalue weighted by atomic mass is 32.2. The van der Waals surface area contributed by atoms with Gasteiger partial charge in [-0.1, -0.05) is 0 Å². The van der Waals surface area contributed by atoms with Gasteiger partial charge in [0.2, 0.25) is 10.0 Å². The van der Waals surface area contributed by atoms with E-state index < -0.39 is 10.0 Å². The standard InChI is InChI=1S/C14H27NO4S/c1-19-14(6-4-7-14)10-13(16)9-12-5-3-8-15(11-12)20(2,17)18/h12-13,16H,3-11H2,1-2H3. The molecule has 20 heavy (non-hydrogen) atoms. The molecule has 2 atom stereocenters. The molecule has 5 nitrogen and oxygen atoms in total. The highest BCUT2D eigenvalue weighted by Crippen LogP contribution is 2.40. The van der Waals surface area contributed by atoms with Crippen molar-refractivity contribution in [1.82, 2.24) is 4.31 Å². The van der Waals surface area contributed by atoms with Gasteiger partial charge in [-0.05, 0) is 44.4 Å². The fraction of sp³-hybridized carbons (Fsp3) is 1.00. The number of methoxy groups -OCH3 is 1. The van der Waals surface area contributed by atoms with Gasteiger partial charge in [0, 0.05) is 26.6 Å². The predicted octanol–water partition coefficient (Wildman–Crippen LogP) is 1.37. The van der Waals surface area contributed by atoms with Gasteiger partial charge in [0.05, 0.1) is 18.0 Å². The fourth-order valence-electron chi connectivity index (χ4n) is 3.48. The van der Waals surface area contributed by atoms with Crippen LogP contribution in [0.15, 0.2) is 0 Å². The summed E-state index contributed by atoms with van der Waals surface area (Å²) in [5.74, 6) is 0.266. The summed E-state index contributed by atoms with van der Waals surface area (Å²) < 4.78 is 30.3. The third kappa shape index (κ3) is 3.93. The van der Waals surface area contributed by atoms with Crippen molar-refractivity contribution < 1.29 is 18.3 Å². The van der Waals surface area contributed by atoms with Gasteiger partial charge in [-0.2, -0.15) is 0 Å². The topological polar surface area (TPSA) is 66.8 Å². The van der Waals surface area contributed by atoms with Crippen LogP contribution in [0.5, 0.6) is 0 Å². The summed E-state index contributed by atoms with van der Waals surface area (Å²) in [7, 11) is -1.38. The van der Waals surface area contributed by atoms with Crippen molar-refractivity contribution in [3.05, 3.63) is 0 Å². The zero-order chi connectivity index (χ0) is 14.8. The van der Waals surface area contributed by atoms with Gasteiger partial charge in [0.25, 0.3) is 0 Å². The Labute approximate surface area is 122 Å². The molecule has 2 fully saturated rings.